The maximum absolute atomic E-state index is 14.2. The van der Waals surface area contributed by atoms with E-state index in [2.05, 4.69) is 15.6 Å². The summed E-state index contributed by atoms with van der Waals surface area (Å²) in [6, 6.07) is 11.9. The number of hydrogen-bond donors (Lipinski definition) is 3. The van der Waals surface area contributed by atoms with Crippen LogP contribution >= 0.6 is 0 Å². The third-order valence-corrected chi connectivity index (χ3v) is 8.28. The molecule has 3 N–H and O–H groups in total. The number of likely N-dealkylation sites (tertiary alicyclic amines) is 1. The number of carbonyl (C=O) groups excluding carboxylic acids is 4. The predicted molar refractivity (Wildman–Crippen MR) is 168 cm³/mol. The van der Waals surface area contributed by atoms with Crippen LogP contribution in [0.5, 0.6) is 0 Å². The SMILES string of the molecule is CCNC(=O)c1ccc2c(c1)CCN(C(=O)C(Cc1c[nH]c3ccccc13)NC(=O)C1CCCCN1C(=O)OC(C)(C)C)C2. The number of rotatable bonds is 7. The second-order valence-electron chi connectivity index (χ2n) is 12.7. The minimum Gasteiger partial charge on any atom is -0.444 e. The molecule has 10 nitrogen and oxygen atoms in total. The molecule has 0 saturated carbocycles. The van der Waals surface area contributed by atoms with Crippen molar-refractivity contribution in [3.8, 4) is 0 Å². The molecule has 1 aromatic heterocycles. The number of benzene rings is 2. The molecule has 1 saturated heterocycles. The lowest BCUT2D eigenvalue weighted by atomic mass is 9.95. The summed E-state index contributed by atoms with van der Waals surface area (Å²) in [5, 5.41) is 6.88. The molecule has 2 unspecified atom stereocenters. The molecular formula is C34H43N5O5. The van der Waals surface area contributed by atoms with Crippen molar-refractivity contribution in [1.82, 2.24) is 25.4 Å². The van der Waals surface area contributed by atoms with E-state index in [0.717, 1.165) is 40.4 Å². The first-order valence-electron chi connectivity index (χ1n) is 15.6. The van der Waals surface area contributed by atoms with E-state index in [-0.39, 0.29) is 17.7 Å². The van der Waals surface area contributed by atoms with Gasteiger partial charge in [-0.3, -0.25) is 19.3 Å². The van der Waals surface area contributed by atoms with Gasteiger partial charge in [0.1, 0.15) is 17.7 Å². The van der Waals surface area contributed by atoms with Crippen molar-refractivity contribution >= 4 is 34.7 Å². The number of H-pyrrole nitrogens is 1. The number of amides is 4. The van der Waals surface area contributed by atoms with Crippen LogP contribution in [-0.2, 0) is 33.7 Å². The summed E-state index contributed by atoms with van der Waals surface area (Å²) in [4.78, 5) is 60.0. The normalized spacial score (nSPS) is 17.5. The van der Waals surface area contributed by atoms with Gasteiger partial charge >= 0.3 is 6.09 Å². The van der Waals surface area contributed by atoms with E-state index < -0.39 is 23.8 Å². The molecule has 3 heterocycles. The fraction of sp³-hybridized carbons (Fsp3) is 0.471. The number of carbonyl (C=O) groups is 4. The number of ether oxygens (including phenoxy) is 1. The second kappa shape index (κ2) is 13.1. The highest BCUT2D eigenvalue weighted by Gasteiger charge is 2.37. The van der Waals surface area contributed by atoms with Crippen molar-refractivity contribution in [1.29, 1.82) is 0 Å². The molecule has 0 aliphatic carbocycles. The number of nitrogens with zero attached hydrogens (tertiary/aromatic N) is 2. The zero-order chi connectivity index (χ0) is 31.4. The predicted octanol–water partition coefficient (Wildman–Crippen LogP) is 4.32. The van der Waals surface area contributed by atoms with Crippen LogP contribution in [0.25, 0.3) is 10.9 Å². The molecule has 2 aliphatic heterocycles. The van der Waals surface area contributed by atoms with Crippen LogP contribution in [0.4, 0.5) is 4.79 Å². The van der Waals surface area contributed by atoms with Gasteiger partial charge in [0.05, 0.1) is 0 Å². The van der Waals surface area contributed by atoms with Crippen molar-refractivity contribution < 1.29 is 23.9 Å². The van der Waals surface area contributed by atoms with E-state index in [1.165, 1.54) is 4.90 Å². The van der Waals surface area contributed by atoms with Crippen LogP contribution in [0.3, 0.4) is 0 Å². The molecule has 4 amide bonds. The smallest absolute Gasteiger partial charge is 0.410 e. The van der Waals surface area contributed by atoms with Crippen molar-refractivity contribution in [2.75, 3.05) is 19.6 Å². The molecule has 2 aromatic carbocycles. The molecule has 0 bridgehead atoms. The molecule has 10 heteroatoms. The standard InChI is InChI=1S/C34H43N5O5/c1-5-35-30(40)23-13-14-24-21-38(17-15-22(24)18-23)32(42)28(19-25-20-36-27-11-7-6-10-26(25)27)37-31(41)29-12-8-9-16-39(29)33(43)44-34(2,3)4/h6-7,10-11,13-14,18,20,28-29,36H,5,8-9,12,15-17,19,21H2,1-4H3,(H,35,40)(H,37,41). The molecule has 5 rings (SSSR count). The van der Waals surface area contributed by atoms with Gasteiger partial charge in [0.2, 0.25) is 11.8 Å². The Morgan fingerprint density at radius 3 is 2.61 bits per heavy atom. The summed E-state index contributed by atoms with van der Waals surface area (Å²) >= 11 is 0. The maximum atomic E-state index is 14.2. The van der Waals surface area contributed by atoms with E-state index >= 15 is 0 Å². The molecule has 234 valence electrons. The molecular weight excluding hydrogens is 558 g/mol. The van der Waals surface area contributed by atoms with E-state index in [4.69, 9.17) is 4.74 Å². The van der Waals surface area contributed by atoms with Gasteiger partial charge in [-0.15, -0.1) is 0 Å². The Kier molecular flexibility index (Phi) is 9.27. The van der Waals surface area contributed by atoms with Gasteiger partial charge in [-0.1, -0.05) is 24.3 Å². The maximum Gasteiger partial charge on any atom is 0.410 e. The third-order valence-electron chi connectivity index (χ3n) is 8.28. The van der Waals surface area contributed by atoms with Gasteiger partial charge in [-0.05, 0) is 88.3 Å². The monoisotopic (exact) mass is 601 g/mol. The Hall–Kier alpha value is -4.34. The molecule has 2 atom stereocenters. The summed E-state index contributed by atoms with van der Waals surface area (Å²) in [7, 11) is 0. The first-order chi connectivity index (χ1) is 21.0. The minimum absolute atomic E-state index is 0.113. The van der Waals surface area contributed by atoms with Gasteiger partial charge in [-0.25, -0.2) is 4.79 Å². The molecule has 44 heavy (non-hydrogen) atoms. The Morgan fingerprint density at radius 1 is 1.05 bits per heavy atom. The van der Waals surface area contributed by atoms with Crippen molar-refractivity contribution in [2.24, 2.45) is 0 Å². The van der Waals surface area contributed by atoms with Crippen LogP contribution in [0.15, 0.2) is 48.7 Å². The lowest BCUT2D eigenvalue weighted by Crippen LogP contribution is -2.58. The lowest BCUT2D eigenvalue weighted by molar-refractivity contribution is -0.138. The zero-order valence-electron chi connectivity index (χ0n) is 26.1. The Morgan fingerprint density at radius 2 is 1.84 bits per heavy atom. The van der Waals surface area contributed by atoms with Gasteiger partial charge < -0.3 is 25.3 Å². The number of aromatic nitrogens is 1. The number of para-hydroxylation sites is 1. The molecule has 3 aromatic rings. The van der Waals surface area contributed by atoms with Gasteiger partial charge in [0.15, 0.2) is 0 Å². The van der Waals surface area contributed by atoms with Crippen molar-refractivity contribution in [3.63, 3.8) is 0 Å². The summed E-state index contributed by atoms with van der Waals surface area (Å²) in [5.41, 5.74) is 3.84. The molecule has 2 aliphatic rings. The number of aromatic amines is 1. The summed E-state index contributed by atoms with van der Waals surface area (Å²) in [5.74, 6) is -0.641. The summed E-state index contributed by atoms with van der Waals surface area (Å²) in [6.07, 6.45) is 4.37. The Balaban J connectivity index is 1.38. The summed E-state index contributed by atoms with van der Waals surface area (Å²) < 4.78 is 5.61. The largest absolute Gasteiger partial charge is 0.444 e. The second-order valence-corrected chi connectivity index (χ2v) is 12.7. The van der Waals surface area contributed by atoms with Crippen molar-refractivity contribution in [2.45, 2.75) is 84.0 Å². The van der Waals surface area contributed by atoms with Crippen LogP contribution < -0.4 is 10.6 Å². The summed E-state index contributed by atoms with van der Waals surface area (Å²) in [6.45, 7) is 9.13. The van der Waals surface area contributed by atoms with Crippen LogP contribution in [0.1, 0.15) is 74.0 Å². The van der Waals surface area contributed by atoms with Crippen molar-refractivity contribution in [3.05, 3.63) is 70.9 Å². The first-order valence-corrected chi connectivity index (χ1v) is 15.6. The first kappa shape index (κ1) is 31.1. The number of hydrogen-bond acceptors (Lipinski definition) is 5. The average Bonchev–Trinajstić information content (AvgIpc) is 3.41. The van der Waals surface area contributed by atoms with Gasteiger partial charge in [0.25, 0.3) is 5.91 Å². The van der Waals surface area contributed by atoms with E-state index in [1.807, 2.05) is 49.5 Å². The topological polar surface area (TPSA) is 124 Å². The number of fused-ring (bicyclic) bond motifs is 2. The number of nitrogens with one attached hydrogen (secondary N) is 3. The van der Waals surface area contributed by atoms with Crippen LogP contribution in [0.2, 0.25) is 0 Å². The fourth-order valence-electron chi connectivity index (χ4n) is 6.10. The fourth-order valence-corrected chi connectivity index (χ4v) is 6.10. The minimum atomic E-state index is -0.833. The quantitative estimate of drug-likeness (QED) is 0.372. The Labute approximate surface area is 258 Å². The molecule has 1 fully saturated rings. The van der Waals surface area contributed by atoms with E-state index in [9.17, 15) is 19.2 Å². The third kappa shape index (κ3) is 7.06. The zero-order valence-corrected chi connectivity index (χ0v) is 26.1. The highest BCUT2D eigenvalue weighted by molar-refractivity contribution is 5.95. The van der Waals surface area contributed by atoms with E-state index in [1.54, 1.807) is 31.7 Å². The molecule has 0 spiro atoms. The highest BCUT2D eigenvalue weighted by atomic mass is 16.6. The highest BCUT2D eigenvalue weighted by Crippen LogP contribution is 2.25. The Bertz CT molecular complexity index is 1540. The lowest BCUT2D eigenvalue weighted by Gasteiger charge is -2.37. The van der Waals surface area contributed by atoms with Crippen LogP contribution in [-0.4, -0.2) is 75.9 Å². The van der Waals surface area contributed by atoms with Crippen LogP contribution in [0, 0.1) is 0 Å². The van der Waals surface area contributed by atoms with Gasteiger partial charge in [0, 0.05) is 55.3 Å². The van der Waals surface area contributed by atoms with E-state index in [0.29, 0.717) is 51.0 Å². The molecule has 0 radical (unpaired) electrons. The van der Waals surface area contributed by atoms with Gasteiger partial charge in [-0.2, -0.15) is 0 Å². The number of piperidine rings is 1. The average molecular weight is 602 g/mol.